The Labute approximate surface area is 217 Å². The second kappa shape index (κ2) is 12.6. The molecule has 1 aromatic heterocycles. The minimum atomic E-state index is -0.476. The molecule has 1 amide bonds. The highest BCUT2D eigenvalue weighted by molar-refractivity contribution is 9.10. The van der Waals surface area contributed by atoms with Crippen molar-refractivity contribution in [3.63, 3.8) is 0 Å². The Kier molecular flexibility index (Phi) is 9.56. The van der Waals surface area contributed by atoms with Gasteiger partial charge in [0.1, 0.15) is 16.3 Å². The molecule has 1 heterocycles. The monoisotopic (exact) mass is 561 g/mol. The number of methoxy groups -OCH3 is 2. The summed E-state index contributed by atoms with van der Waals surface area (Å²) in [6, 6.07) is 11.1. The predicted molar refractivity (Wildman–Crippen MR) is 141 cm³/mol. The molecule has 1 N–H and O–H groups in total. The topological polar surface area (TPSA) is 83.1 Å². The van der Waals surface area contributed by atoms with Crippen LogP contribution in [0.5, 0.6) is 17.2 Å². The molecule has 9 heteroatoms. The van der Waals surface area contributed by atoms with Crippen molar-refractivity contribution in [2.24, 2.45) is 0 Å². The molecule has 0 saturated carbocycles. The third kappa shape index (κ3) is 6.55. The minimum Gasteiger partial charge on any atom is -0.494 e. The summed E-state index contributed by atoms with van der Waals surface area (Å²) in [5.41, 5.74) is 2.79. The molecule has 35 heavy (non-hydrogen) atoms. The molecule has 0 fully saturated rings. The summed E-state index contributed by atoms with van der Waals surface area (Å²) < 4.78 is 22.3. The van der Waals surface area contributed by atoms with Crippen LogP contribution in [0.4, 0.5) is 5.00 Å². The summed E-state index contributed by atoms with van der Waals surface area (Å²) in [6.45, 7) is 4.48. The van der Waals surface area contributed by atoms with Gasteiger partial charge in [-0.15, -0.1) is 11.3 Å². The van der Waals surface area contributed by atoms with E-state index in [0.717, 1.165) is 21.3 Å². The average Bonchev–Trinajstić information content (AvgIpc) is 3.27. The van der Waals surface area contributed by atoms with E-state index in [0.29, 0.717) is 40.7 Å². The van der Waals surface area contributed by atoms with Crippen LogP contribution in [0.2, 0.25) is 0 Å². The Morgan fingerprint density at radius 1 is 1.00 bits per heavy atom. The molecular formula is C26H28BrNO6S. The van der Waals surface area contributed by atoms with E-state index in [1.165, 1.54) is 11.3 Å². The van der Waals surface area contributed by atoms with Crippen LogP contribution < -0.4 is 19.5 Å². The van der Waals surface area contributed by atoms with Crippen molar-refractivity contribution in [3.8, 4) is 28.4 Å². The number of hydrogen-bond donors (Lipinski definition) is 1. The van der Waals surface area contributed by atoms with Crippen molar-refractivity contribution in [2.45, 2.75) is 26.7 Å². The third-order valence-corrected chi connectivity index (χ3v) is 6.81. The van der Waals surface area contributed by atoms with Crippen molar-refractivity contribution in [1.82, 2.24) is 0 Å². The zero-order valence-electron chi connectivity index (χ0n) is 20.1. The summed E-state index contributed by atoms with van der Waals surface area (Å²) in [4.78, 5) is 25.6. The van der Waals surface area contributed by atoms with Crippen molar-refractivity contribution in [3.05, 3.63) is 57.4 Å². The fourth-order valence-electron chi connectivity index (χ4n) is 3.49. The quantitative estimate of drug-likeness (QED) is 0.275. The fraction of sp³-hybridized carbons (Fsp3) is 0.308. The second-order valence-corrected chi connectivity index (χ2v) is 9.11. The maximum Gasteiger partial charge on any atom is 0.341 e. The Bertz CT molecular complexity index is 1180. The van der Waals surface area contributed by atoms with Gasteiger partial charge < -0.3 is 24.3 Å². The summed E-state index contributed by atoms with van der Waals surface area (Å²) in [7, 11) is 3.14. The lowest BCUT2D eigenvalue weighted by molar-refractivity contribution is -0.116. The number of thiophene rings is 1. The molecule has 3 aromatic rings. The van der Waals surface area contributed by atoms with E-state index in [-0.39, 0.29) is 18.9 Å². The number of rotatable bonds is 11. The van der Waals surface area contributed by atoms with Gasteiger partial charge in [0.25, 0.3) is 0 Å². The van der Waals surface area contributed by atoms with E-state index < -0.39 is 5.97 Å². The molecule has 3 rings (SSSR count). The molecule has 0 spiro atoms. The highest BCUT2D eigenvalue weighted by Gasteiger charge is 2.23. The van der Waals surface area contributed by atoms with Gasteiger partial charge in [0.2, 0.25) is 5.91 Å². The van der Waals surface area contributed by atoms with Crippen LogP contribution >= 0.6 is 27.3 Å². The SMILES string of the molecule is CCOC(=O)c1c(-c2ccc(OCC)cc2)csc1NC(=O)CCc1cc(OC)c(OC)cc1Br. The van der Waals surface area contributed by atoms with Gasteiger partial charge >= 0.3 is 5.97 Å². The maximum atomic E-state index is 12.8. The molecule has 186 valence electrons. The molecule has 0 aliphatic carbocycles. The highest BCUT2D eigenvalue weighted by Crippen LogP contribution is 2.37. The van der Waals surface area contributed by atoms with Crippen LogP contribution in [0.25, 0.3) is 11.1 Å². The van der Waals surface area contributed by atoms with Crippen LogP contribution in [0, 0.1) is 0 Å². The molecule has 2 aromatic carbocycles. The predicted octanol–water partition coefficient (Wildman–Crippen LogP) is 6.34. The Morgan fingerprint density at radius 2 is 1.69 bits per heavy atom. The number of amides is 1. The van der Waals surface area contributed by atoms with Crippen LogP contribution in [0.15, 0.2) is 46.3 Å². The molecule has 7 nitrogen and oxygen atoms in total. The number of halogens is 1. The zero-order valence-corrected chi connectivity index (χ0v) is 22.5. The molecule has 0 unspecified atom stereocenters. The average molecular weight is 562 g/mol. The standard InChI is InChI=1S/C26H28BrNO6S/c1-5-33-18-10-7-16(8-11-18)19-15-35-25(24(19)26(30)34-6-2)28-23(29)12-9-17-13-21(31-3)22(32-4)14-20(17)27/h7-8,10-11,13-15H,5-6,9,12H2,1-4H3,(H,28,29). The molecule has 0 radical (unpaired) electrons. The summed E-state index contributed by atoms with van der Waals surface area (Å²) in [6.07, 6.45) is 0.686. The molecule has 0 aliphatic heterocycles. The van der Waals surface area contributed by atoms with Crippen LogP contribution in [0.3, 0.4) is 0 Å². The maximum absolute atomic E-state index is 12.8. The van der Waals surface area contributed by atoms with Crippen LogP contribution in [-0.4, -0.2) is 39.3 Å². The van der Waals surface area contributed by atoms with Gasteiger partial charge in [-0.3, -0.25) is 4.79 Å². The Balaban J connectivity index is 1.79. The van der Waals surface area contributed by atoms with E-state index in [4.69, 9.17) is 18.9 Å². The third-order valence-electron chi connectivity index (χ3n) is 5.17. The van der Waals surface area contributed by atoms with E-state index in [2.05, 4.69) is 21.2 Å². The first kappa shape index (κ1) is 26.6. The van der Waals surface area contributed by atoms with E-state index in [9.17, 15) is 9.59 Å². The zero-order chi connectivity index (χ0) is 25.4. The van der Waals surface area contributed by atoms with Crippen molar-refractivity contribution in [2.75, 3.05) is 32.8 Å². The van der Waals surface area contributed by atoms with Crippen molar-refractivity contribution < 1.29 is 28.5 Å². The largest absolute Gasteiger partial charge is 0.494 e. The number of hydrogen-bond acceptors (Lipinski definition) is 7. The molecule has 0 bridgehead atoms. The highest BCUT2D eigenvalue weighted by atomic mass is 79.9. The van der Waals surface area contributed by atoms with Gasteiger partial charge in [0.15, 0.2) is 11.5 Å². The molecular weight excluding hydrogens is 534 g/mol. The fourth-order valence-corrected chi connectivity index (χ4v) is 4.99. The normalized spacial score (nSPS) is 10.5. The number of esters is 1. The van der Waals surface area contributed by atoms with Crippen LogP contribution in [-0.2, 0) is 16.0 Å². The van der Waals surface area contributed by atoms with E-state index >= 15 is 0 Å². The minimum absolute atomic E-state index is 0.211. The van der Waals surface area contributed by atoms with Gasteiger partial charge in [-0.1, -0.05) is 28.1 Å². The van der Waals surface area contributed by atoms with Gasteiger partial charge in [-0.05, 0) is 55.7 Å². The number of carbonyl (C=O) groups is 2. The summed E-state index contributed by atoms with van der Waals surface area (Å²) >= 11 is 4.82. The summed E-state index contributed by atoms with van der Waals surface area (Å²) in [5, 5.41) is 5.21. The van der Waals surface area contributed by atoms with Gasteiger partial charge in [0, 0.05) is 21.8 Å². The Hall–Kier alpha value is -3.04. The number of benzene rings is 2. The first-order valence-corrected chi connectivity index (χ1v) is 12.8. The van der Waals surface area contributed by atoms with Gasteiger partial charge in [-0.25, -0.2) is 4.79 Å². The van der Waals surface area contributed by atoms with Gasteiger partial charge in [-0.2, -0.15) is 0 Å². The lowest BCUT2D eigenvalue weighted by atomic mass is 10.0. The second-order valence-electron chi connectivity index (χ2n) is 7.38. The number of ether oxygens (including phenoxy) is 4. The van der Waals surface area contributed by atoms with Crippen LogP contribution in [0.1, 0.15) is 36.2 Å². The Morgan fingerprint density at radius 3 is 2.31 bits per heavy atom. The smallest absolute Gasteiger partial charge is 0.341 e. The lowest BCUT2D eigenvalue weighted by Gasteiger charge is -2.12. The lowest BCUT2D eigenvalue weighted by Crippen LogP contribution is -2.15. The van der Waals surface area contributed by atoms with E-state index in [1.807, 2.05) is 48.7 Å². The van der Waals surface area contributed by atoms with Crippen molar-refractivity contribution in [1.29, 1.82) is 0 Å². The summed E-state index contributed by atoms with van der Waals surface area (Å²) in [5.74, 6) is 1.26. The first-order chi connectivity index (χ1) is 16.9. The number of aryl methyl sites for hydroxylation is 1. The molecule has 0 saturated heterocycles. The van der Waals surface area contributed by atoms with Gasteiger partial charge in [0.05, 0.1) is 27.4 Å². The number of nitrogens with one attached hydrogen (secondary N) is 1. The number of carbonyl (C=O) groups excluding carboxylic acids is 2. The molecule has 0 aliphatic rings. The first-order valence-electron chi connectivity index (χ1n) is 11.1. The number of anilines is 1. The van der Waals surface area contributed by atoms with E-state index in [1.54, 1.807) is 21.1 Å². The molecule has 0 atom stereocenters. The van der Waals surface area contributed by atoms with Crippen molar-refractivity contribution >= 4 is 44.1 Å².